The van der Waals surface area contributed by atoms with Crippen LogP contribution in [0.25, 0.3) is 11.5 Å². The zero-order valence-electron chi connectivity index (χ0n) is 13.5. The van der Waals surface area contributed by atoms with Gasteiger partial charge in [-0.25, -0.2) is 4.39 Å². The van der Waals surface area contributed by atoms with E-state index in [1.54, 1.807) is 0 Å². The van der Waals surface area contributed by atoms with Crippen molar-refractivity contribution in [3.8, 4) is 11.5 Å². The van der Waals surface area contributed by atoms with Gasteiger partial charge in [0.2, 0.25) is 11.8 Å². The van der Waals surface area contributed by atoms with Gasteiger partial charge in [0.1, 0.15) is 5.82 Å². The number of thioether (sulfide) groups is 1. The number of hydrogen-bond donors (Lipinski definition) is 1. The van der Waals surface area contributed by atoms with Crippen LogP contribution < -0.4 is 5.32 Å². The van der Waals surface area contributed by atoms with Crippen LogP contribution in [0.5, 0.6) is 0 Å². The Balaban J connectivity index is 1.50. The molecule has 0 spiro atoms. The van der Waals surface area contributed by atoms with Crippen LogP contribution in [0.4, 0.5) is 10.1 Å². The molecule has 1 heterocycles. The van der Waals surface area contributed by atoms with E-state index in [9.17, 15) is 9.18 Å². The Bertz CT molecular complexity index is 865. The molecule has 0 saturated heterocycles. The molecule has 3 aromatic rings. The topological polar surface area (TPSA) is 68.0 Å². The van der Waals surface area contributed by atoms with E-state index in [4.69, 9.17) is 4.42 Å². The summed E-state index contributed by atoms with van der Waals surface area (Å²) in [7, 11) is 0. The lowest BCUT2D eigenvalue weighted by molar-refractivity contribution is -0.115. The van der Waals surface area contributed by atoms with Gasteiger partial charge >= 0.3 is 0 Å². The molecule has 0 atom stereocenters. The number of nitrogens with zero attached hydrogens (tertiary/aromatic N) is 2. The van der Waals surface area contributed by atoms with E-state index in [1.807, 2.05) is 31.2 Å². The van der Waals surface area contributed by atoms with Crippen molar-refractivity contribution < 1.29 is 13.6 Å². The third-order valence-electron chi connectivity index (χ3n) is 3.46. The molecule has 0 unspecified atom stereocenters. The third kappa shape index (κ3) is 4.67. The molecule has 0 aliphatic carbocycles. The minimum absolute atomic E-state index is 0.155. The second kappa shape index (κ2) is 7.94. The third-order valence-corrected chi connectivity index (χ3v) is 4.28. The molecule has 1 amide bonds. The molecule has 128 valence electrons. The summed E-state index contributed by atoms with van der Waals surface area (Å²) >= 11 is 1.32. The first-order valence-electron chi connectivity index (χ1n) is 7.69. The summed E-state index contributed by atoms with van der Waals surface area (Å²) in [5.74, 6) is 0.478. The molecule has 3 rings (SSSR count). The molecule has 1 aromatic heterocycles. The first kappa shape index (κ1) is 17.2. The van der Waals surface area contributed by atoms with Crippen LogP contribution in [-0.2, 0) is 4.79 Å². The van der Waals surface area contributed by atoms with Gasteiger partial charge < -0.3 is 9.73 Å². The number of nitrogens with one attached hydrogen (secondary N) is 1. The van der Waals surface area contributed by atoms with Crippen LogP contribution in [-0.4, -0.2) is 21.9 Å². The number of aryl methyl sites for hydroxylation is 1. The van der Waals surface area contributed by atoms with Crippen molar-refractivity contribution in [3.63, 3.8) is 0 Å². The summed E-state index contributed by atoms with van der Waals surface area (Å²) in [4.78, 5) is 11.9. The number of halogens is 1. The number of anilines is 1. The average Bonchev–Trinajstić information content (AvgIpc) is 3.06. The van der Waals surface area contributed by atoms with Crippen LogP contribution in [0.2, 0.25) is 0 Å². The second-order valence-electron chi connectivity index (χ2n) is 5.34. The van der Waals surface area contributed by atoms with E-state index >= 15 is 0 Å². The van der Waals surface area contributed by atoms with Crippen molar-refractivity contribution >= 4 is 23.4 Å². The standard InChI is InChI=1S/C18H16FN3O2S/c1-12-4-2-3-5-15(12)17-21-22-18(24-17)25-11-10-16(23)20-14-8-6-13(19)7-9-14/h2-9H,10-11H2,1H3,(H,20,23). The van der Waals surface area contributed by atoms with Gasteiger partial charge in [-0.15, -0.1) is 10.2 Å². The molecule has 25 heavy (non-hydrogen) atoms. The largest absolute Gasteiger partial charge is 0.411 e. The molecule has 1 N–H and O–H groups in total. The number of benzene rings is 2. The Hall–Kier alpha value is -2.67. The quantitative estimate of drug-likeness (QED) is 0.666. The number of amides is 1. The summed E-state index contributed by atoms with van der Waals surface area (Å²) in [6.45, 7) is 1.98. The normalized spacial score (nSPS) is 10.6. The maximum absolute atomic E-state index is 12.8. The van der Waals surface area contributed by atoms with Crippen LogP contribution >= 0.6 is 11.8 Å². The van der Waals surface area contributed by atoms with Crippen molar-refractivity contribution in [2.75, 3.05) is 11.1 Å². The Labute approximate surface area is 148 Å². The summed E-state index contributed by atoms with van der Waals surface area (Å²) in [6.07, 6.45) is 0.282. The van der Waals surface area contributed by atoms with Crippen molar-refractivity contribution in [1.82, 2.24) is 10.2 Å². The molecule has 0 aliphatic heterocycles. The van der Waals surface area contributed by atoms with Gasteiger partial charge in [-0.1, -0.05) is 30.0 Å². The predicted molar refractivity (Wildman–Crippen MR) is 94.8 cm³/mol. The molecule has 0 fully saturated rings. The summed E-state index contributed by atoms with van der Waals surface area (Å²) in [6, 6.07) is 13.4. The van der Waals surface area contributed by atoms with Crippen molar-refractivity contribution in [3.05, 3.63) is 59.9 Å². The van der Waals surface area contributed by atoms with Gasteiger partial charge in [0, 0.05) is 23.4 Å². The van der Waals surface area contributed by atoms with Gasteiger partial charge in [-0.2, -0.15) is 0 Å². The Kier molecular flexibility index (Phi) is 5.45. The van der Waals surface area contributed by atoms with Gasteiger partial charge in [-0.05, 0) is 42.8 Å². The first-order chi connectivity index (χ1) is 12.1. The van der Waals surface area contributed by atoms with E-state index in [0.29, 0.717) is 22.6 Å². The minimum atomic E-state index is -0.339. The first-order valence-corrected chi connectivity index (χ1v) is 8.68. The highest BCUT2D eigenvalue weighted by Crippen LogP contribution is 2.25. The van der Waals surface area contributed by atoms with Crippen molar-refractivity contribution in [1.29, 1.82) is 0 Å². The zero-order valence-corrected chi connectivity index (χ0v) is 14.3. The van der Waals surface area contributed by atoms with Crippen LogP contribution in [0.3, 0.4) is 0 Å². The summed E-state index contributed by atoms with van der Waals surface area (Å²) < 4.78 is 18.5. The van der Waals surface area contributed by atoms with Gasteiger partial charge in [0.15, 0.2) is 0 Å². The highest BCUT2D eigenvalue weighted by atomic mass is 32.2. The lowest BCUT2D eigenvalue weighted by atomic mass is 10.1. The van der Waals surface area contributed by atoms with E-state index in [1.165, 1.54) is 36.0 Å². The van der Waals surface area contributed by atoms with Crippen LogP contribution in [0.15, 0.2) is 58.2 Å². The fourth-order valence-electron chi connectivity index (χ4n) is 2.18. The second-order valence-corrected chi connectivity index (χ2v) is 6.39. The Morgan fingerprint density at radius 1 is 1.16 bits per heavy atom. The number of carbonyl (C=O) groups excluding carboxylic acids is 1. The molecule has 2 aromatic carbocycles. The number of rotatable bonds is 6. The molecular weight excluding hydrogens is 341 g/mol. The maximum Gasteiger partial charge on any atom is 0.276 e. The highest BCUT2D eigenvalue weighted by Gasteiger charge is 2.11. The van der Waals surface area contributed by atoms with Crippen molar-refractivity contribution in [2.45, 2.75) is 18.6 Å². The van der Waals surface area contributed by atoms with E-state index < -0.39 is 0 Å². The molecular formula is C18H16FN3O2S. The number of aromatic nitrogens is 2. The van der Waals surface area contributed by atoms with Gasteiger partial charge in [0.05, 0.1) is 0 Å². The monoisotopic (exact) mass is 357 g/mol. The van der Waals surface area contributed by atoms with Crippen LogP contribution in [0.1, 0.15) is 12.0 Å². The lowest BCUT2D eigenvalue weighted by Crippen LogP contribution is -2.12. The van der Waals surface area contributed by atoms with E-state index in [0.717, 1.165) is 11.1 Å². The average molecular weight is 357 g/mol. The van der Waals surface area contributed by atoms with Crippen LogP contribution in [0, 0.1) is 12.7 Å². The van der Waals surface area contributed by atoms with Crippen molar-refractivity contribution in [2.24, 2.45) is 0 Å². The maximum atomic E-state index is 12.8. The van der Waals surface area contributed by atoms with E-state index in [-0.39, 0.29) is 18.1 Å². The van der Waals surface area contributed by atoms with Gasteiger partial charge in [0.25, 0.3) is 5.22 Å². The fourth-order valence-corrected chi connectivity index (χ4v) is 2.88. The Morgan fingerprint density at radius 2 is 1.92 bits per heavy atom. The zero-order chi connectivity index (χ0) is 17.6. The highest BCUT2D eigenvalue weighted by molar-refractivity contribution is 7.99. The SMILES string of the molecule is Cc1ccccc1-c1nnc(SCCC(=O)Nc2ccc(F)cc2)o1. The molecule has 0 saturated carbocycles. The molecule has 5 nitrogen and oxygen atoms in total. The smallest absolute Gasteiger partial charge is 0.276 e. The number of hydrogen-bond acceptors (Lipinski definition) is 5. The van der Waals surface area contributed by atoms with Gasteiger partial charge in [-0.3, -0.25) is 4.79 Å². The number of carbonyl (C=O) groups is 1. The molecule has 0 aliphatic rings. The predicted octanol–water partition coefficient (Wildman–Crippen LogP) is 4.31. The summed E-state index contributed by atoms with van der Waals surface area (Å²) in [5.41, 5.74) is 2.52. The Morgan fingerprint density at radius 3 is 2.68 bits per heavy atom. The summed E-state index contributed by atoms with van der Waals surface area (Å²) in [5, 5.41) is 11.2. The molecule has 0 bridgehead atoms. The van der Waals surface area contributed by atoms with E-state index in [2.05, 4.69) is 15.5 Å². The lowest BCUT2D eigenvalue weighted by Gasteiger charge is -2.04. The fraction of sp³-hybridized carbons (Fsp3) is 0.167. The minimum Gasteiger partial charge on any atom is -0.411 e. The molecule has 0 radical (unpaired) electrons. The molecule has 7 heteroatoms.